The van der Waals surface area contributed by atoms with Crippen LogP contribution in [0.2, 0.25) is 0 Å². The second-order valence-electron chi connectivity index (χ2n) is 4.71. The summed E-state index contributed by atoms with van der Waals surface area (Å²) < 4.78 is 16.2. The number of hydrogen-bond acceptors (Lipinski definition) is 2. The smallest absolute Gasteiger partial charge is 0.178 e. The Kier molecular flexibility index (Phi) is 3.03. The minimum absolute atomic E-state index is 0.206. The van der Waals surface area contributed by atoms with Gasteiger partial charge in [-0.3, -0.25) is 0 Å². The van der Waals surface area contributed by atoms with Gasteiger partial charge in [0.05, 0.1) is 17.6 Å². The fraction of sp³-hybridized carbons (Fsp3) is 0.214. The van der Waals surface area contributed by atoms with Crippen molar-refractivity contribution in [1.82, 2.24) is 9.55 Å². The van der Waals surface area contributed by atoms with Crippen LogP contribution in [0.1, 0.15) is 16.7 Å². The molecule has 0 saturated heterocycles. The number of aromatic amines is 1. The van der Waals surface area contributed by atoms with E-state index in [4.69, 9.17) is 12.2 Å². The lowest BCUT2D eigenvalue weighted by molar-refractivity contribution is 0.620. The summed E-state index contributed by atoms with van der Waals surface area (Å²) in [7, 11) is 0. The summed E-state index contributed by atoms with van der Waals surface area (Å²) in [6.45, 7) is 4.58. The van der Waals surface area contributed by atoms with Gasteiger partial charge in [-0.25, -0.2) is 4.39 Å². The van der Waals surface area contributed by atoms with Gasteiger partial charge in [-0.2, -0.15) is 11.3 Å². The molecule has 0 amide bonds. The number of aryl methyl sites for hydroxylation is 2. The first-order valence-electron chi connectivity index (χ1n) is 5.96. The van der Waals surface area contributed by atoms with Crippen LogP contribution in [-0.2, 0) is 6.54 Å². The zero-order chi connectivity index (χ0) is 13.6. The van der Waals surface area contributed by atoms with Crippen LogP contribution in [-0.4, -0.2) is 9.55 Å². The molecule has 3 rings (SSSR count). The number of rotatable bonds is 2. The van der Waals surface area contributed by atoms with Crippen LogP contribution in [0.3, 0.4) is 0 Å². The molecule has 5 heteroatoms. The molecule has 1 N–H and O–H groups in total. The number of benzene rings is 1. The number of thiophene rings is 1. The number of hydrogen-bond donors (Lipinski definition) is 1. The largest absolute Gasteiger partial charge is 0.330 e. The first-order valence-corrected chi connectivity index (χ1v) is 7.31. The predicted molar refractivity (Wildman–Crippen MR) is 80.0 cm³/mol. The van der Waals surface area contributed by atoms with Gasteiger partial charge in [-0.1, -0.05) is 0 Å². The highest BCUT2D eigenvalue weighted by atomic mass is 32.1. The summed E-state index contributed by atoms with van der Waals surface area (Å²) in [5, 5.41) is 4.25. The maximum atomic E-state index is 13.6. The number of imidazole rings is 1. The maximum Gasteiger partial charge on any atom is 0.178 e. The average molecular weight is 292 g/mol. The van der Waals surface area contributed by atoms with Crippen molar-refractivity contribution in [1.29, 1.82) is 0 Å². The Morgan fingerprint density at radius 3 is 2.74 bits per heavy atom. The molecule has 2 heterocycles. The molecule has 19 heavy (non-hydrogen) atoms. The fourth-order valence-corrected chi connectivity index (χ4v) is 3.28. The van der Waals surface area contributed by atoms with E-state index in [1.807, 2.05) is 10.6 Å². The van der Waals surface area contributed by atoms with Crippen molar-refractivity contribution in [3.8, 4) is 0 Å². The zero-order valence-corrected chi connectivity index (χ0v) is 12.3. The molecular formula is C14H13FN2S2. The van der Waals surface area contributed by atoms with Crippen molar-refractivity contribution in [2.24, 2.45) is 0 Å². The maximum absolute atomic E-state index is 13.6. The van der Waals surface area contributed by atoms with Gasteiger partial charge in [0.1, 0.15) is 5.82 Å². The van der Waals surface area contributed by atoms with E-state index in [0.29, 0.717) is 10.3 Å². The van der Waals surface area contributed by atoms with E-state index in [2.05, 4.69) is 22.7 Å². The molecular weight excluding hydrogens is 279 g/mol. The molecule has 0 fully saturated rings. The summed E-state index contributed by atoms with van der Waals surface area (Å²) >= 11 is 7.03. The lowest BCUT2D eigenvalue weighted by Gasteiger charge is -2.05. The number of nitrogens with one attached hydrogen (secondary N) is 1. The zero-order valence-electron chi connectivity index (χ0n) is 10.7. The van der Waals surface area contributed by atoms with Crippen LogP contribution in [0.5, 0.6) is 0 Å². The topological polar surface area (TPSA) is 20.7 Å². The average Bonchev–Trinajstić information content (AvgIpc) is 2.88. The van der Waals surface area contributed by atoms with Gasteiger partial charge in [-0.05, 0) is 65.6 Å². The lowest BCUT2D eigenvalue weighted by atomic mass is 10.2. The quantitative estimate of drug-likeness (QED) is 0.686. The highest BCUT2D eigenvalue weighted by molar-refractivity contribution is 7.71. The second-order valence-corrected chi connectivity index (χ2v) is 5.85. The molecule has 0 bridgehead atoms. The summed E-state index contributed by atoms with van der Waals surface area (Å²) in [5.41, 5.74) is 4.86. The Labute approximate surface area is 119 Å². The van der Waals surface area contributed by atoms with Crippen LogP contribution < -0.4 is 0 Å². The van der Waals surface area contributed by atoms with Crippen molar-refractivity contribution in [2.45, 2.75) is 20.4 Å². The number of fused-ring (bicyclic) bond motifs is 1. The normalized spacial score (nSPS) is 11.3. The van der Waals surface area contributed by atoms with Gasteiger partial charge >= 0.3 is 0 Å². The Morgan fingerprint density at radius 2 is 2.05 bits per heavy atom. The van der Waals surface area contributed by atoms with Crippen molar-refractivity contribution >= 4 is 34.6 Å². The predicted octanol–water partition coefficient (Wildman–Crippen LogP) is 4.56. The van der Waals surface area contributed by atoms with Gasteiger partial charge in [0.2, 0.25) is 0 Å². The third kappa shape index (κ3) is 2.13. The van der Waals surface area contributed by atoms with Gasteiger partial charge < -0.3 is 9.55 Å². The molecule has 0 saturated carbocycles. The summed E-state index contributed by atoms with van der Waals surface area (Å²) in [6, 6.07) is 3.36. The van der Waals surface area contributed by atoms with Crippen molar-refractivity contribution in [2.75, 3.05) is 0 Å². The molecule has 0 atom stereocenters. The second kappa shape index (κ2) is 4.58. The van der Waals surface area contributed by atoms with E-state index in [1.54, 1.807) is 18.3 Å². The molecule has 1 aromatic carbocycles. The van der Waals surface area contributed by atoms with Crippen LogP contribution in [0.25, 0.3) is 11.0 Å². The number of aromatic nitrogens is 2. The molecule has 0 aliphatic carbocycles. The Morgan fingerprint density at radius 1 is 1.26 bits per heavy atom. The van der Waals surface area contributed by atoms with Crippen molar-refractivity contribution < 1.29 is 4.39 Å². The van der Waals surface area contributed by atoms with Gasteiger partial charge in [0.15, 0.2) is 4.77 Å². The van der Waals surface area contributed by atoms with Crippen LogP contribution >= 0.6 is 23.6 Å². The molecule has 2 aromatic heterocycles. The number of nitrogens with zero attached hydrogens (tertiary/aromatic N) is 1. The number of halogens is 1. The van der Waals surface area contributed by atoms with E-state index in [1.165, 1.54) is 17.2 Å². The molecule has 0 radical (unpaired) electrons. The Hall–Kier alpha value is -1.46. The molecule has 0 unspecified atom stereocenters. The van der Waals surface area contributed by atoms with E-state index in [9.17, 15) is 4.39 Å². The highest BCUT2D eigenvalue weighted by Crippen LogP contribution is 2.22. The third-order valence-corrected chi connectivity index (χ3v) is 4.58. The Balaban J connectivity index is 2.18. The van der Waals surface area contributed by atoms with Crippen LogP contribution in [0, 0.1) is 24.4 Å². The molecule has 2 nitrogen and oxygen atoms in total. The lowest BCUT2D eigenvalue weighted by Crippen LogP contribution is -2.00. The molecule has 0 aliphatic heterocycles. The van der Waals surface area contributed by atoms with Crippen LogP contribution in [0.15, 0.2) is 22.9 Å². The molecule has 98 valence electrons. The van der Waals surface area contributed by atoms with E-state index >= 15 is 0 Å². The minimum Gasteiger partial charge on any atom is -0.330 e. The Bertz CT molecular complexity index is 811. The monoisotopic (exact) mass is 292 g/mol. The van der Waals surface area contributed by atoms with Gasteiger partial charge in [0, 0.05) is 0 Å². The van der Waals surface area contributed by atoms with Gasteiger partial charge in [0.25, 0.3) is 0 Å². The molecule has 0 aliphatic rings. The van der Waals surface area contributed by atoms with Crippen molar-refractivity contribution in [3.05, 3.63) is 50.2 Å². The van der Waals surface area contributed by atoms with E-state index in [0.717, 1.165) is 17.6 Å². The van der Waals surface area contributed by atoms with Crippen LogP contribution in [0.4, 0.5) is 4.39 Å². The van der Waals surface area contributed by atoms with Gasteiger partial charge in [-0.15, -0.1) is 0 Å². The van der Waals surface area contributed by atoms with E-state index < -0.39 is 0 Å². The highest BCUT2D eigenvalue weighted by Gasteiger charge is 2.09. The van der Waals surface area contributed by atoms with Crippen molar-refractivity contribution in [3.63, 3.8) is 0 Å². The van der Waals surface area contributed by atoms with E-state index in [-0.39, 0.29) is 5.82 Å². The molecule has 0 spiro atoms. The summed E-state index contributed by atoms with van der Waals surface area (Å²) in [5.74, 6) is -0.206. The number of H-pyrrole nitrogens is 1. The summed E-state index contributed by atoms with van der Waals surface area (Å²) in [4.78, 5) is 3.07. The summed E-state index contributed by atoms with van der Waals surface area (Å²) in [6.07, 6.45) is 0. The fourth-order valence-electron chi connectivity index (χ4n) is 2.16. The standard InChI is InChI=1S/C14H13FN2S2/c1-8-3-13-12(4-11(8)15)16-14(18)17(13)5-10-7-19-6-9(10)2/h3-4,6-7H,5H2,1-2H3,(H,16,18). The minimum atomic E-state index is -0.206. The first-order chi connectivity index (χ1) is 9.06. The SMILES string of the molecule is Cc1cc2c(cc1F)[nH]c(=S)n2Cc1cscc1C. The molecule has 3 aromatic rings. The third-order valence-electron chi connectivity index (χ3n) is 3.34. The first kappa shape index (κ1) is 12.6.